The van der Waals surface area contributed by atoms with Crippen LogP contribution in [-0.2, 0) is 9.53 Å². The van der Waals surface area contributed by atoms with Crippen molar-refractivity contribution in [1.82, 2.24) is 4.98 Å². The molecule has 2 aromatic rings. The number of aromatic amines is 1. The maximum Gasteiger partial charge on any atom is 0.379 e. The summed E-state index contributed by atoms with van der Waals surface area (Å²) in [5.74, 6) is -2.29. The van der Waals surface area contributed by atoms with Crippen LogP contribution in [0.15, 0.2) is 22.8 Å². The Labute approximate surface area is 104 Å². The van der Waals surface area contributed by atoms with Gasteiger partial charge in [-0.1, -0.05) is 15.9 Å². The summed E-state index contributed by atoms with van der Waals surface area (Å²) in [5, 5.41) is 0.340. The Hall–Kier alpha value is -1.69. The highest BCUT2D eigenvalue weighted by molar-refractivity contribution is 9.10. The number of benzene rings is 1. The van der Waals surface area contributed by atoms with E-state index in [-0.39, 0.29) is 11.1 Å². The molecule has 0 amide bonds. The Morgan fingerprint density at radius 2 is 2.12 bits per heavy atom. The van der Waals surface area contributed by atoms with Gasteiger partial charge in [0.25, 0.3) is 5.78 Å². The molecule has 0 saturated carbocycles. The van der Waals surface area contributed by atoms with Crippen LogP contribution in [0.1, 0.15) is 10.4 Å². The third-order valence-corrected chi connectivity index (χ3v) is 2.78. The van der Waals surface area contributed by atoms with E-state index in [0.717, 1.165) is 7.11 Å². The number of hydrogen-bond acceptors (Lipinski definition) is 3. The third kappa shape index (κ3) is 1.95. The van der Waals surface area contributed by atoms with Crippen LogP contribution in [0.4, 0.5) is 4.39 Å². The summed E-state index contributed by atoms with van der Waals surface area (Å²) in [4.78, 5) is 25.4. The number of H-pyrrole nitrogens is 1. The highest BCUT2D eigenvalue weighted by Gasteiger charge is 2.21. The minimum absolute atomic E-state index is 0.0899. The number of ether oxygens (including phenoxy) is 1. The van der Waals surface area contributed by atoms with Crippen LogP contribution in [0.5, 0.6) is 0 Å². The van der Waals surface area contributed by atoms with E-state index >= 15 is 0 Å². The molecule has 1 aromatic heterocycles. The molecular formula is C11H7BrFNO3. The van der Waals surface area contributed by atoms with Crippen LogP contribution in [0, 0.1) is 5.82 Å². The number of carbonyl (C=O) groups is 2. The number of fused-ring (bicyclic) bond motifs is 1. The quantitative estimate of drug-likeness (QED) is 0.526. The zero-order valence-corrected chi connectivity index (χ0v) is 10.3. The van der Waals surface area contributed by atoms with Gasteiger partial charge in [-0.2, -0.15) is 0 Å². The van der Waals surface area contributed by atoms with Gasteiger partial charge in [0, 0.05) is 16.1 Å². The molecule has 0 spiro atoms. The van der Waals surface area contributed by atoms with E-state index in [2.05, 4.69) is 25.7 Å². The number of methoxy groups -OCH3 is 1. The van der Waals surface area contributed by atoms with Crippen molar-refractivity contribution in [3.8, 4) is 0 Å². The van der Waals surface area contributed by atoms with E-state index < -0.39 is 17.6 Å². The SMILES string of the molecule is COC(=O)C(=O)c1c[nH]c2c(F)cc(Br)cc12. The molecule has 1 aromatic carbocycles. The summed E-state index contributed by atoms with van der Waals surface area (Å²) in [6.07, 6.45) is 1.29. The maximum absolute atomic E-state index is 13.5. The number of hydrogen-bond donors (Lipinski definition) is 1. The normalized spacial score (nSPS) is 10.5. The van der Waals surface area contributed by atoms with Crippen LogP contribution in [0.25, 0.3) is 10.9 Å². The Morgan fingerprint density at radius 3 is 2.76 bits per heavy atom. The topological polar surface area (TPSA) is 59.2 Å². The Balaban J connectivity index is 2.64. The molecule has 88 valence electrons. The van der Waals surface area contributed by atoms with Gasteiger partial charge in [0.2, 0.25) is 0 Å². The van der Waals surface area contributed by atoms with Crippen molar-refractivity contribution in [2.45, 2.75) is 0 Å². The lowest BCUT2D eigenvalue weighted by molar-refractivity contribution is -0.135. The fourth-order valence-corrected chi connectivity index (χ4v) is 1.98. The Kier molecular flexibility index (Phi) is 2.97. The molecule has 1 heterocycles. The highest BCUT2D eigenvalue weighted by atomic mass is 79.9. The standard InChI is InChI=1S/C11H7BrFNO3/c1-17-11(16)10(15)7-4-14-9-6(7)2-5(12)3-8(9)13/h2-4,14H,1H3. The first kappa shape index (κ1) is 11.8. The zero-order valence-electron chi connectivity index (χ0n) is 8.71. The van der Waals surface area contributed by atoms with Crippen molar-refractivity contribution in [3.63, 3.8) is 0 Å². The molecule has 0 bridgehead atoms. The number of halogens is 2. The summed E-state index contributed by atoms with van der Waals surface area (Å²) in [6, 6.07) is 2.83. The predicted octanol–water partition coefficient (Wildman–Crippen LogP) is 2.43. The van der Waals surface area contributed by atoms with Gasteiger partial charge in [-0.15, -0.1) is 0 Å². The molecule has 6 heteroatoms. The summed E-state index contributed by atoms with van der Waals surface area (Å²) in [7, 11) is 1.12. The lowest BCUT2D eigenvalue weighted by Crippen LogP contribution is -2.15. The Bertz CT molecular complexity index is 620. The summed E-state index contributed by atoms with van der Waals surface area (Å²) in [6.45, 7) is 0. The van der Waals surface area contributed by atoms with Gasteiger partial charge < -0.3 is 9.72 Å². The second-order valence-corrected chi connectivity index (χ2v) is 4.25. The fraction of sp³-hybridized carbons (Fsp3) is 0.0909. The molecule has 0 fully saturated rings. The molecular weight excluding hydrogens is 293 g/mol. The summed E-state index contributed by atoms with van der Waals surface area (Å²) >= 11 is 3.12. The van der Waals surface area contributed by atoms with Gasteiger partial charge in [0.15, 0.2) is 0 Å². The minimum Gasteiger partial charge on any atom is -0.463 e. The van der Waals surface area contributed by atoms with E-state index in [1.165, 1.54) is 12.3 Å². The summed E-state index contributed by atoms with van der Waals surface area (Å²) < 4.78 is 18.3. The van der Waals surface area contributed by atoms with Gasteiger partial charge in [-0.25, -0.2) is 9.18 Å². The molecule has 0 saturated heterocycles. The molecule has 0 radical (unpaired) electrons. The number of ketones is 1. The average Bonchev–Trinajstić information content (AvgIpc) is 2.70. The van der Waals surface area contributed by atoms with Crippen molar-refractivity contribution >= 4 is 38.6 Å². The first-order valence-electron chi connectivity index (χ1n) is 4.63. The monoisotopic (exact) mass is 299 g/mol. The van der Waals surface area contributed by atoms with Gasteiger partial charge in [0.05, 0.1) is 18.2 Å². The molecule has 1 N–H and O–H groups in total. The van der Waals surface area contributed by atoms with Gasteiger partial charge in [-0.3, -0.25) is 4.79 Å². The van der Waals surface area contributed by atoms with Crippen molar-refractivity contribution in [1.29, 1.82) is 0 Å². The number of esters is 1. The number of aromatic nitrogens is 1. The largest absolute Gasteiger partial charge is 0.463 e. The van der Waals surface area contributed by atoms with Crippen LogP contribution < -0.4 is 0 Å². The molecule has 0 unspecified atom stereocenters. The lowest BCUT2D eigenvalue weighted by atomic mass is 10.1. The van der Waals surface area contributed by atoms with Gasteiger partial charge >= 0.3 is 5.97 Å². The van der Waals surface area contributed by atoms with Gasteiger partial charge in [0.1, 0.15) is 5.82 Å². The second kappa shape index (κ2) is 4.29. The van der Waals surface area contributed by atoms with E-state index in [9.17, 15) is 14.0 Å². The van der Waals surface area contributed by atoms with Crippen molar-refractivity contribution in [3.05, 3.63) is 34.2 Å². The molecule has 2 rings (SSSR count). The second-order valence-electron chi connectivity index (χ2n) is 3.33. The van der Waals surface area contributed by atoms with E-state index in [0.29, 0.717) is 9.86 Å². The van der Waals surface area contributed by atoms with Crippen molar-refractivity contribution in [2.24, 2.45) is 0 Å². The number of rotatable bonds is 2. The van der Waals surface area contributed by atoms with E-state index in [1.54, 1.807) is 6.07 Å². The summed E-state index contributed by atoms with van der Waals surface area (Å²) in [5.41, 5.74) is 0.271. The van der Waals surface area contributed by atoms with Gasteiger partial charge in [-0.05, 0) is 12.1 Å². The predicted molar refractivity (Wildman–Crippen MR) is 62.3 cm³/mol. The molecule has 0 atom stereocenters. The van der Waals surface area contributed by atoms with E-state index in [4.69, 9.17) is 0 Å². The van der Waals surface area contributed by atoms with E-state index in [1.807, 2.05) is 0 Å². The van der Waals surface area contributed by atoms with Crippen LogP contribution in [0.2, 0.25) is 0 Å². The van der Waals surface area contributed by atoms with Crippen molar-refractivity contribution < 1.29 is 18.7 Å². The molecule has 0 aliphatic rings. The molecule has 0 aliphatic carbocycles. The number of nitrogens with one attached hydrogen (secondary N) is 1. The zero-order chi connectivity index (χ0) is 12.6. The van der Waals surface area contributed by atoms with Crippen LogP contribution >= 0.6 is 15.9 Å². The lowest BCUT2D eigenvalue weighted by Gasteiger charge is -1.98. The number of Topliss-reactive ketones (excluding diaryl/α,β-unsaturated/α-hetero) is 1. The third-order valence-electron chi connectivity index (χ3n) is 2.32. The Morgan fingerprint density at radius 1 is 1.41 bits per heavy atom. The fourth-order valence-electron chi connectivity index (χ4n) is 1.55. The smallest absolute Gasteiger partial charge is 0.379 e. The molecule has 0 aliphatic heterocycles. The number of carbonyl (C=O) groups excluding carboxylic acids is 2. The molecule has 4 nitrogen and oxygen atoms in total. The first-order chi connectivity index (χ1) is 8.04. The van der Waals surface area contributed by atoms with Crippen LogP contribution in [0.3, 0.4) is 0 Å². The highest BCUT2D eigenvalue weighted by Crippen LogP contribution is 2.26. The average molecular weight is 300 g/mol. The molecule has 17 heavy (non-hydrogen) atoms. The minimum atomic E-state index is -0.980. The van der Waals surface area contributed by atoms with Crippen molar-refractivity contribution in [2.75, 3.05) is 7.11 Å². The maximum atomic E-state index is 13.5. The van der Waals surface area contributed by atoms with Crippen LogP contribution in [-0.4, -0.2) is 23.8 Å². The first-order valence-corrected chi connectivity index (χ1v) is 5.42.